The molecule has 2 aromatic carbocycles. The molecule has 1 atom stereocenters. The van der Waals surface area contributed by atoms with Crippen LogP contribution >= 0.6 is 0 Å². The summed E-state index contributed by atoms with van der Waals surface area (Å²) in [5.41, 5.74) is 2.44. The van der Waals surface area contributed by atoms with Crippen molar-refractivity contribution < 1.29 is 19.1 Å². The van der Waals surface area contributed by atoms with E-state index >= 15 is 0 Å². The zero-order chi connectivity index (χ0) is 25.5. The molecule has 0 radical (unpaired) electrons. The summed E-state index contributed by atoms with van der Waals surface area (Å²) in [5.74, 6) is -0.412. The van der Waals surface area contributed by atoms with Gasteiger partial charge in [0.05, 0.1) is 30.8 Å². The Morgan fingerprint density at radius 3 is 2.33 bits per heavy atom. The van der Waals surface area contributed by atoms with Crippen molar-refractivity contribution in [2.45, 2.75) is 19.4 Å². The standard InChI is InChI=1S/C26H28N6O4/c1-3-36-26(34)32-14-12-31(13-15-32)24-23(29-21-6-4-5-7-22(21)30-24)20(16-27)25(33)28-17-18-8-10-19(35-2)11-9-18/h4-11,20H,3,12-15,17H2,1-2H3,(H,28,33)/t20-/m0/s1. The highest BCUT2D eigenvalue weighted by Gasteiger charge is 2.31. The summed E-state index contributed by atoms with van der Waals surface area (Å²) in [6.07, 6.45) is -0.352. The van der Waals surface area contributed by atoms with Gasteiger partial charge in [0.2, 0.25) is 5.91 Å². The van der Waals surface area contributed by atoms with E-state index in [0.29, 0.717) is 55.3 Å². The molecule has 1 aliphatic rings. The molecule has 186 valence electrons. The maximum atomic E-state index is 13.1. The largest absolute Gasteiger partial charge is 0.497 e. The Balaban J connectivity index is 1.57. The Morgan fingerprint density at radius 2 is 1.72 bits per heavy atom. The number of rotatable bonds is 7. The number of carbonyl (C=O) groups is 2. The van der Waals surface area contributed by atoms with E-state index in [-0.39, 0.29) is 12.6 Å². The number of anilines is 1. The van der Waals surface area contributed by atoms with E-state index in [1.807, 2.05) is 47.4 Å². The third kappa shape index (κ3) is 5.46. The highest BCUT2D eigenvalue weighted by molar-refractivity contribution is 5.89. The Bertz CT molecular complexity index is 1270. The van der Waals surface area contributed by atoms with Gasteiger partial charge >= 0.3 is 6.09 Å². The first kappa shape index (κ1) is 24.7. The SMILES string of the molecule is CCOC(=O)N1CCN(c2nc3ccccc3nc2[C@H](C#N)C(=O)NCc2ccc(OC)cc2)CC1. The van der Waals surface area contributed by atoms with Crippen molar-refractivity contribution in [2.75, 3.05) is 44.8 Å². The maximum Gasteiger partial charge on any atom is 0.409 e. The summed E-state index contributed by atoms with van der Waals surface area (Å²) < 4.78 is 10.3. The number of fused-ring (bicyclic) bond motifs is 1. The van der Waals surface area contributed by atoms with Gasteiger partial charge < -0.3 is 24.6 Å². The molecule has 36 heavy (non-hydrogen) atoms. The molecule has 1 aliphatic heterocycles. The van der Waals surface area contributed by atoms with Crippen LogP contribution in [0.2, 0.25) is 0 Å². The first-order valence-electron chi connectivity index (χ1n) is 11.8. The summed E-state index contributed by atoms with van der Waals surface area (Å²) >= 11 is 0. The van der Waals surface area contributed by atoms with Gasteiger partial charge in [0.15, 0.2) is 11.7 Å². The van der Waals surface area contributed by atoms with Crippen LogP contribution < -0.4 is 15.0 Å². The van der Waals surface area contributed by atoms with Crippen LogP contribution in [0, 0.1) is 11.3 Å². The first-order valence-corrected chi connectivity index (χ1v) is 11.8. The number of nitrogens with zero attached hydrogens (tertiary/aromatic N) is 5. The second-order valence-corrected chi connectivity index (χ2v) is 8.22. The number of methoxy groups -OCH3 is 1. The smallest absolute Gasteiger partial charge is 0.409 e. The van der Waals surface area contributed by atoms with Gasteiger partial charge in [-0.25, -0.2) is 14.8 Å². The first-order chi connectivity index (χ1) is 17.5. The fraction of sp³-hybridized carbons (Fsp3) is 0.346. The summed E-state index contributed by atoms with van der Waals surface area (Å²) in [6, 6.07) is 16.8. The Hall–Kier alpha value is -4.39. The predicted octanol–water partition coefficient (Wildman–Crippen LogP) is 2.84. The second kappa shape index (κ2) is 11.4. The lowest BCUT2D eigenvalue weighted by molar-refractivity contribution is -0.121. The number of nitriles is 1. The van der Waals surface area contributed by atoms with Gasteiger partial charge in [-0.3, -0.25) is 4.79 Å². The lowest BCUT2D eigenvalue weighted by atomic mass is 10.0. The molecule has 0 spiro atoms. The Kier molecular flexibility index (Phi) is 7.80. The lowest BCUT2D eigenvalue weighted by Gasteiger charge is -2.35. The van der Waals surface area contributed by atoms with E-state index in [0.717, 1.165) is 11.3 Å². The topological polar surface area (TPSA) is 121 Å². The summed E-state index contributed by atoms with van der Waals surface area (Å²) in [6.45, 7) is 4.17. The molecule has 4 rings (SSSR count). The number of carbonyl (C=O) groups excluding carboxylic acids is 2. The number of hydrogen-bond donors (Lipinski definition) is 1. The van der Waals surface area contributed by atoms with Crippen molar-refractivity contribution in [2.24, 2.45) is 0 Å². The van der Waals surface area contributed by atoms with E-state index in [9.17, 15) is 14.9 Å². The molecule has 1 aromatic heterocycles. The van der Waals surface area contributed by atoms with E-state index in [1.54, 1.807) is 25.0 Å². The van der Waals surface area contributed by atoms with E-state index in [1.165, 1.54) is 0 Å². The van der Waals surface area contributed by atoms with E-state index in [4.69, 9.17) is 19.4 Å². The van der Waals surface area contributed by atoms with Crippen LogP contribution in [0.5, 0.6) is 5.75 Å². The average Bonchev–Trinajstić information content (AvgIpc) is 2.92. The molecule has 0 bridgehead atoms. The number of piperazine rings is 1. The van der Waals surface area contributed by atoms with Crippen molar-refractivity contribution in [3.63, 3.8) is 0 Å². The van der Waals surface area contributed by atoms with Crippen molar-refractivity contribution >= 4 is 28.9 Å². The third-order valence-electron chi connectivity index (χ3n) is 5.97. The fourth-order valence-electron chi connectivity index (χ4n) is 4.02. The number of nitrogens with one attached hydrogen (secondary N) is 1. The molecular formula is C26H28N6O4. The molecule has 2 amide bonds. The van der Waals surface area contributed by atoms with Crippen molar-refractivity contribution in [3.8, 4) is 11.8 Å². The molecule has 2 heterocycles. The minimum Gasteiger partial charge on any atom is -0.497 e. The lowest BCUT2D eigenvalue weighted by Crippen LogP contribution is -2.49. The number of ether oxygens (including phenoxy) is 2. The van der Waals surface area contributed by atoms with Gasteiger partial charge in [-0.1, -0.05) is 24.3 Å². The third-order valence-corrected chi connectivity index (χ3v) is 5.97. The Labute approximate surface area is 209 Å². The quantitative estimate of drug-likeness (QED) is 0.539. The normalized spacial score (nSPS) is 14.1. The molecule has 1 fully saturated rings. The molecule has 3 aromatic rings. The van der Waals surface area contributed by atoms with Gasteiger partial charge in [0, 0.05) is 32.7 Å². The van der Waals surface area contributed by atoms with Crippen LogP contribution in [0.4, 0.5) is 10.6 Å². The number of hydrogen-bond acceptors (Lipinski definition) is 8. The molecular weight excluding hydrogens is 460 g/mol. The zero-order valence-electron chi connectivity index (χ0n) is 20.3. The van der Waals surface area contributed by atoms with Crippen LogP contribution in [0.1, 0.15) is 24.1 Å². The highest BCUT2D eigenvalue weighted by atomic mass is 16.6. The van der Waals surface area contributed by atoms with E-state index in [2.05, 4.69) is 11.4 Å². The van der Waals surface area contributed by atoms with Gasteiger partial charge in [-0.05, 0) is 36.8 Å². The molecule has 10 heteroatoms. The van der Waals surface area contributed by atoms with Crippen LogP contribution in [-0.4, -0.2) is 66.8 Å². The Morgan fingerprint density at radius 1 is 1.06 bits per heavy atom. The maximum absolute atomic E-state index is 13.1. The molecule has 0 saturated carbocycles. The molecule has 0 aliphatic carbocycles. The minimum atomic E-state index is -1.15. The highest BCUT2D eigenvalue weighted by Crippen LogP contribution is 2.28. The second-order valence-electron chi connectivity index (χ2n) is 8.22. The monoisotopic (exact) mass is 488 g/mol. The van der Waals surface area contributed by atoms with Gasteiger partial charge in [-0.2, -0.15) is 5.26 Å². The number of para-hydroxylation sites is 2. The number of benzene rings is 2. The summed E-state index contributed by atoms with van der Waals surface area (Å²) in [5, 5.41) is 12.8. The molecule has 10 nitrogen and oxygen atoms in total. The molecule has 1 N–H and O–H groups in total. The van der Waals surface area contributed by atoms with Crippen molar-refractivity contribution in [1.82, 2.24) is 20.2 Å². The predicted molar refractivity (Wildman–Crippen MR) is 134 cm³/mol. The van der Waals surface area contributed by atoms with E-state index < -0.39 is 11.8 Å². The average molecular weight is 489 g/mol. The zero-order valence-corrected chi connectivity index (χ0v) is 20.3. The fourth-order valence-corrected chi connectivity index (χ4v) is 4.02. The number of amides is 2. The van der Waals surface area contributed by atoms with Crippen LogP contribution in [0.25, 0.3) is 11.0 Å². The minimum absolute atomic E-state index is 0.259. The molecule has 1 saturated heterocycles. The van der Waals surface area contributed by atoms with Crippen molar-refractivity contribution in [3.05, 3.63) is 59.8 Å². The van der Waals surface area contributed by atoms with Gasteiger partial charge in [0.1, 0.15) is 11.4 Å². The molecule has 0 unspecified atom stereocenters. The van der Waals surface area contributed by atoms with Crippen LogP contribution in [0.15, 0.2) is 48.5 Å². The van der Waals surface area contributed by atoms with Crippen molar-refractivity contribution in [1.29, 1.82) is 5.26 Å². The van der Waals surface area contributed by atoms with Gasteiger partial charge in [-0.15, -0.1) is 0 Å². The van der Waals surface area contributed by atoms with Crippen LogP contribution in [0.3, 0.4) is 0 Å². The van der Waals surface area contributed by atoms with Gasteiger partial charge in [0.25, 0.3) is 0 Å². The number of aromatic nitrogens is 2. The summed E-state index contributed by atoms with van der Waals surface area (Å²) in [4.78, 5) is 38.3. The van der Waals surface area contributed by atoms with Crippen LogP contribution in [-0.2, 0) is 16.1 Å². The summed E-state index contributed by atoms with van der Waals surface area (Å²) in [7, 11) is 1.59.